The molecule has 0 atom stereocenters. The summed E-state index contributed by atoms with van der Waals surface area (Å²) in [4.78, 5) is 0. The second kappa shape index (κ2) is 6.40. The van der Waals surface area contributed by atoms with Crippen LogP contribution in [0.1, 0.15) is 16.7 Å². The number of nitrogens with one attached hydrogen (secondary N) is 1. The van der Waals surface area contributed by atoms with Gasteiger partial charge < -0.3 is 5.32 Å². The molecule has 1 nitrogen and oxygen atoms in total. The molecule has 0 heterocycles. The number of alkyl halides is 3. The van der Waals surface area contributed by atoms with E-state index in [-0.39, 0.29) is 0 Å². The lowest BCUT2D eigenvalue weighted by atomic mass is 10.1. The molecule has 1 N–H and O–H groups in total. The number of benzene rings is 2. The normalized spacial score (nSPS) is 11.5. The molecule has 2 aromatic rings. The zero-order chi connectivity index (χ0) is 15.6. The van der Waals surface area contributed by atoms with E-state index in [1.165, 1.54) is 6.07 Å². The fraction of sp³-hybridized carbons (Fsp3) is 0.200. The molecule has 0 aliphatic carbocycles. The maximum atomic E-state index is 12.7. The van der Waals surface area contributed by atoms with Crippen LogP contribution < -0.4 is 5.32 Å². The molecule has 0 radical (unpaired) electrons. The van der Waals surface area contributed by atoms with E-state index in [1.807, 2.05) is 18.2 Å². The molecule has 0 aliphatic heterocycles. The molecule has 6 heteroatoms. The molecule has 0 saturated heterocycles. The van der Waals surface area contributed by atoms with Gasteiger partial charge in [-0.05, 0) is 74.2 Å². The number of aryl methyl sites for hydroxylation is 1. The van der Waals surface area contributed by atoms with Crippen LogP contribution in [0.4, 0.5) is 18.9 Å². The van der Waals surface area contributed by atoms with Crippen LogP contribution in [0.3, 0.4) is 0 Å². The highest BCUT2D eigenvalue weighted by molar-refractivity contribution is 9.13. The van der Waals surface area contributed by atoms with Crippen LogP contribution in [-0.2, 0) is 12.7 Å². The number of hydrogen-bond donors (Lipinski definition) is 1. The van der Waals surface area contributed by atoms with Gasteiger partial charge in [0.2, 0.25) is 0 Å². The average Bonchev–Trinajstić information content (AvgIpc) is 2.40. The molecule has 0 aliphatic rings. The minimum Gasteiger partial charge on any atom is -0.381 e. The Labute approximate surface area is 137 Å². The first-order valence-corrected chi connectivity index (χ1v) is 7.71. The third kappa shape index (κ3) is 4.23. The minimum atomic E-state index is -4.33. The third-order valence-electron chi connectivity index (χ3n) is 3.03. The minimum absolute atomic E-state index is 0.452. The first kappa shape index (κ1) is 16.4. The molecule has 0 amide bonds. The van der Waals surface area contributed by atoms with Gasteiger partial charge in [0.15, 0.2) is 0 Å². The Morgan fingerprint density at radius 1 is 1.00 bits per heavy atom. The van der Waals surface area contributed by atoms with Crippen molar-refractivity contribution >= 4 is 37.5 Å². The lowest BCUT2D eigenvalue weighted by Gasteiger charge is -2.13. The second-order valence-electron chi connectivity index (χ2n) is 4.63. The molecule has 0 saturated carbocycles. The van der Waals surface area contributed by atoms with Gasteiger partial charge in [0.05, 0.1) is 5.56 Å². The van der Waals surface area contributed by atoms with Crippen molar-refractivity contribution in [3.63, 3.8) is 0 Å². The third-order valence-corrected chi connectivity index (χ3v) is 4.91. The smallest absolute Gasteiger partial charge is 0.381 e. The van der Waals surface area contributed by atoms with E-state index < -0.39 is 11.7 Å². The summed E-state index contributed by atoms with van der Waals surface area (Å²) in [5, 5.41) is 3.05. The highest BCUT2D eigenvalue weighted by Crippen LogP contribution is 2.32. The molecule has 0 unspecified atom stereocenters. The summed E-state index contributed by atoms with van der Waals surface area (Å²) in [6.45, 7) is 2.23. The van der Waals surface area contributed by atoms with Crippen molar-refractivity contribution in [2.24, 2.45) is 0 Å². The van der Waals surface area contributed by atoms with Gasteiger partial charge in [-0.1, -0.05) is 12.1 Å². The number of anilines is 1. The van der Waals surface area contributed by atoms with E-state index in [1.54, 1.807) is 6.92 Å². The second-order valence-corrected chi connectivity index (χ2v) is 6.34. The van der Waals surface area contributed by atoms with Crippen molar-refractivity contribution < 1.29 is 13.2 Å². The van der Waals surface area contributed by atoms with Gasteiger partial charge in [0.25, 0.3) is 0 Å². The van der Waals surface area contributed by atoms with Crippen LogP contribution in [0.25, 0.3) is 0 Å². The zero-order valence-electron chi connectivity index (χ0n) is 11.1. The van der Waals surface area contributed by atoms with Crippen molar-refractivity contribution in [3.05, 3.63) is 62.0 Å². The largest absolute Gasteiger partial charge is 0.416 e. The lowest BCUT2D eigenvalue weighted by molar-refractivity contribution is -0.137. The first-order valence-electron chi connectivity index (χ1n) is 6.13. The maximum absolute atomic E-state index is 12.7. The quantitative estimate of drug-likeness (QED) is 0.625. The summed E-state index contributed by atoms with van der Waals surface area (Å²) in [6, 6.07) is 9.42. The van der Waals surface area contributed by atoms with Crippen molar-refractivity contribution in [1.82, 2.24) is 0 Å². The van der Waals surface area contributed by atoms with Crippen LogP contribution in [0.15, 0.2) is 45.3 Å². The Morgan fingerprint density at radius 3 is 2.33 bits per heavy atom. The van der Waals surface area contributed by atoms with Gasteiger partial charge in [-0.25, -0.2) is 0 Å². The Kier molecular flexibility index (Phi) is 4.99. The van der Waals surface area contributed by atoms with E-state index >= 15 is 0 Å². The van der Waals surface area contributed by atoms with Crippen LogP contribution >= 0.6 is 31.9 Å². The van der Waals surface area contributed by atoms with Gasteiger partial charge >= 0.3 is 6.18 Å². The van der Waals surface area contributed by atoms with Gasteiger partial charge in [0, 0.05) is 21.2 Å². The predicted octanol–water partition coefficient (Wildman–Crippen LogP) is 6.15. The molecule has 2 aromatic carbocycles. The molecule has 0 bridgehead atoms. The summed E-state index contributed by atoms with van der Waals surface area (Å²) in [6.07, 6.45) is -4.33. The molecule has 0 fully saturated rings. The highest BCUT2D eigenvalue weighted by Gasteiger charge is 2.30. The van der Waals surface area contributed by atoms with E-state index in [9.17, 15) is 13.2 Å². The van der Waals surface area contributed by atoms with Gasteiger partial charge in [0.1, 0.15) is 0 Å². The number of hydrogen-bond acceptors (Lipinski definition) is 1. The Balaban J connectivity index is 2.17. The SMILES string of the molecule is Cc1ccc(C(F)(F)F)cc1NCc1ccc(Br)c(Br)c1. The van der Waals surface area contributed by atoms with Crippen LogP contribution in [0.2, 0.25) is 0 Å². The van der Waals surface area contributed by atoms with Crippen molar-refractivity contribution in [3.8, 4) is 0 Å². The molecule has 0 aromatic heterocycles. The van der Waals surface area contributed by atoms with Crippen molar-refractivity contribution in [2.75, 3.05) is 5.32 Å². The summed E-state index contributed by atoms with van der Waals surface area (Å²) in [5.41, 5.74) is 1.59. The fourth-order valence-corrected chi connectivity index (χ4v) is 2.51. The molecule has 2 rings (SSSR count). The number of rotatable bonds is 3. The molecule has 0 spiro atoms. The highest BCUT2D eigenvalue weighted by atomic mass is 79.9. The van der Waals surface area contributed by atoms with Crippen molar-refractivity contribution in [1.29, 1.82) is 0 Å². The maximum Gasteiger partial charge on any atom is 0.416 e. The summed E-state index contributed by atoms with van der Waals surface area (Å²) in [5.74, 6) is 0. The topological polar surface area (TPSA) is 12.0 Å². The molecule has 21 heavy (non-hydrogen) atoms. The van der Waals surface area contributed by atoms with Gasteiger partial charge in [-0.2, -0.15) is 13.2 Å². The van der Waals surface area contributed by atoms with E-state index in [0.29, 0.717) is 12.2 Å². The molecule has 112 valence electrons. The van der Waals surface area contributed by atoms with Gasteiger partial charge in [-0.3, -0.25) is 0 Å². The lowest BCUT2D eigenvalue weighted by Crippen LogP contribution is -2.07. The standard InChI is InChI=1S/C15H12Br2F3N/c1-9-2-4-11(15(18,19)20)7-14(9)21-8-10-3-5-12(16)13(17)6-10/h2-7,21H,8H2,1H3. The Morgan fingerprint density at radius 2 is 1.71 bits per heavy atom. The molecular weight excluding hydrogens is 411 g/mol. The monoisotopic (exact) mass is 421 g/mol. The van der Waals surface area contributed by atoms with Crippen LogP contribution in [0.5, 0.6) is 0 Å². The fourth-order valence-electron chi connectivity index (χ4n) is 1.84. The Hall–Kier alpha value is -1.01. The average molecular weight is 423 g/mol. The zero-order valence-corrected chi connectivity index (χ0v) is 14.2. The van der Waals surface area contributed by atoms with E-state index in [4.69, 9.17) is 0 Å². The van der Waals surface area contributed by atoms with Gasteiger partial charge in [-0.15, -0.1) is 0 Å². The molecular formula is C15H12Br2F3N. The van der Waals surface area contributed by atoms with Crippen molar-refractivity contribution in [2.45, 2.75) is 19.6 Å². The summed E-state index contributed by atoms with van der Waals surface area (Å²) >= 11 is 6.78. The van der Waals surface area contributed by atoms with E-state index in [2.05, 4.69) is 37.2 Å². The number of halogens is 5. The van der Waals surface area contributed by atoms with E-state index in [0.717, 1.165) is 32.2 Å². The summed E-state index contributed by atoms with van der Waals surface area (Å²) in [7, 11) is 0. The van der Waals surface area contributed by atoms with Crippen LogP contribution in [-0.4, -0.2) is 0 Å². The Bertz CT molecular complexity index is 654. The van der Waals surface area contributed by atoms with Crippen LogP contribution in [0, 0.1) is 6.92 Å². The first-order chi connectivity index (χ1) is 9.77. The summed E-state index contributed by atoms with van der Waals surface area (Å²) < 4.78 is 40.0. The predicted molar refractivity (Wildman–Crippen MR) is 85.3 cm³/mol.